The minimum absolute atomic E-state index is 0.284. The Bertz CT molecular complexity index is 415. The summed E-state index contributed by atoms with van der Waals surface area (Å²) in [6.07, 6.45) is -0.284. The van der Waals surface area contributed by atoms with Crippen LogP contribution in [0, 0.1) is 6.92 Å². The number of rotatable bonds is 1. The quantitative estimate of drug-likeness (QED) is 0.433. The number of hydrogen-bond donors (Lipinski definition) is 1. The first-order chi connectivity index (χ1) is 7.06. The van der Waals surface area contributed by atoms with Gasteiger partial charge in [0.15, 0.2) is 6.04 Å². The number of nitrogens with two attached hydrogens (primary N) is 1. The summed E-state index contributed by atoms with van der Waals surface area (Å²) < 4.78 is 27.1. The van der Waals surface area contributed by atoms with E-state index in [1.54, 1.807) is 25.1 Å². The number of halogens is 2. The summed E-state index contributed by atoms with van der Waals surface area (Å²) >= 11 is 0. The zero-order valence-electron chi connectivity index (χ0n) is 8.24. The van der Waals surface area contributed by atoms with Gasteiger partial charge in [0.05, 0.1) is 0 Å². The van der Waals surface area contributed by atoms with Crippen LogP contribution in [0.3, 0.4) is 0 Å². The summed E-state index contributed by atoms with van der Waals surface area (Å²) in [5.41, 5.74) is 2.01. The second kappa shape index (κ2) is 3.25. The molecule has 0 saturated heterocycles. The minimum atomic E-state index is -2.88. The lowest BCUT2D eigenvalue weighted by Gasteiger charge is -2.14. The number of alkyl halides is 2. The van der Waals surface area contributed by atoms with Gasteiger partial charge in [-0.25, -0.2) is 8.78 Å². The van der Waals surface area contributed by atoms with Crippen molar-refractivity contribution in [1.29, 1.82) is 0 Å². The molecule has 1 aliphatic rings. The van der Waals surface area contributed by atoms with Crippen molar-refractivity contribution in [3.63, 3.8) is 0 Å². The van der Waals surface area contributed by atoms with Gasteiger partial charge >= 0.3 is 0 Å². The van der Waals surface area contributed by atoms with Gasteiger partial charge in [0.1, 0.15) is 0 Å². The molecular formula is C10H11F2N3. The molecule has 0 aliphatic heterocycles. The van der Waals surface area contributed by atoms with E-state index in [9.17, 15) is 8.78 Å². The Hall–Kier alpha value is -1.52. The Balaban J connectivity index is 2.56. The molecule has 0 radical (unpaired) electrons. The van der Waals surface area contributed by atoms with Gasteiger partial charge in [0.25, 0.3) is 5.92 Å². The zero-order chi connectivity index (χ0) is 11.1. The van der Waals surface area contributed by atoms with E-state index in [4.69, 9.17) is 5.84 Å². The van der Waals surface area contributed by atoms with E-state index in [-0.39, 0.29) is 6.42 Å². The van der Waals surface area contributed by atoms with Crippen molar-refractivity contribution in [3.05, 3.63) is 34.9 Å². The van der Waals surface area contributed by atoms with E-state index in [1.165, 1.54) is 0 Å². The van der Waals surface area contributed by atoms with Gasteiger partial charge in [-0.2, -0.15) is 5.11 Å². The molecule has 1 aliphatic carbocycles. The van der Waals surface area contributed by atoms with Crippen LogP contribution in [0.1, 0.15) is 22.7 Å². The van der Waals surface area contributed by atoms with Crippen LogP contribution in [0.15, 0.2) is 28.5 Å². The first-order valence-corrected chi connectivity index (χ1v) is 4.62. The molecule has 0 heterocycles. The van der Waals surface area contributed by atoms with Crippen LogP contribution in [0.25, 0.3) is 0 Å². The Labute approximate surface area is 86.0 Å². The van der Waals surface area contributed by atoms with Crippen LogP contribution in [0.2, 0.25) is 0 Å². The highest BCUT2D eigenvalue weighted by Crippen LogP contribution is 2.46. The van der Waals surface area contributed by atoms with Crippen molar-refractivity contribution in [2.45, 2.75) is 25.3 Å². The van der Waals surface area contributed by atoms with Crippen LogP contribution < -0.4 is 5.84 Å². The SMILES string of the molecule is Cc1cccc2c1C(N=NN)C(F)(F)C2. The molecule has 0 bridgehead atoms. The lowest BCUT2D eigenvalue weighted by Crippen LogP contribution is -2.20. The topological polar surface area (TPSA) is 50.7 Å². The Morgan fingerprint density at radius 3 is 2.87 bits per heavy atom. The Morgan fingerprint density at radius 2 is 2.20 bits per heavy atom. The van der Waals surface area contributed by atoms with Gasteiger partial charge in [0.2, 0.25) is 0 Å². The second-order valence-corrected chi connectivity index (χ2v) is 3.72. The maximum Gasteiger partial charge on any atom is 0.280 e. The molecule has 80 valence electrons. The van der Waals surface area contributed by atoms with Crippen LogP contribution in [0.4, 0.5) is 8.78 Å². The highest BCUT2D eigenvalue weighted by Gasteiger charge is 2.48. The molecule has 0 spiro atoms. The number of nitrogens with zero attached hydrogens (tertiary/aromatic N) is 2. The first-order valence-electron chi connectivity index (χ1n) is 4.62. The Kier molecular flexibility index (Phi) is 2.17. The molecular weight excluding hydrogens is 200 g/mol. The van der Waals surface area contributed by atoms with Gasteiger partial charge in [-0.3, -0.25) is 0 Å². The van der Waals surface area contributed by atoms with E-state index in [1.807, 2.05) is 0 Å². The summed E-state index contributed by atoms with van der Waals surface area (Å²) in [4.78, 5) is 0. The molecule has 0 fully saturated rings. The van der Waals surface area contributed by atoms with Crippen LogP contribution >= 0.6 is 0 Å². The second-order valence-electron chi connectivity index (χ2n) is 3.72. The normalized spacial score (nSPS) is 23.3. The minimum Gasteiger partial charge on any atom is -0.305 e. The van der Waals surface area contributed by atoms with Gasteiger partial charge in [-0.05, 0) is 23.6 Å². The molecule has 1 aromatic carbocycles. The van der Waals surface area contributed by atoms with E-state index < -0.39 is 12.0 Å². The fourth-order valence-electron chi connectivity index (χ4n) is 2.06. The maximum atomic E-state index is 13.6. The van der Waals surface area contributed by atoms with Gasteiger partial charge in [-0.15, -0.1) is 0 Å². The van der Waals surface area contributed by atoms with Gasteiger partial charge in [-0.1, -0.05) is 23.4 Å². The van der Waals surface area contributed by atoms with Crippen molar-refractivity contribution in [1.82, 2.24) is 0 Å². The van der Waals surface area contributed by atoms with Crippen LogP contribution in [0.5, 0.6) is 0 Å². The molecule has 15 heavy (non-hydrogen) atoms. The van der Waals surface area contributed by atoms with Crippen molar-refractivity contribution in [2.24, 2.45) is 16.2 Å². The average Bonchev–Trinajstić information content (AvgIpc) is 2.39. The van der Waals surface area contributed by atoms with Crippen LogP contribution in [-0.4, -0.2) is 5.92 Å². The summed E-state index contributed by atoms with van der Waals surface area (Å²) in [7, 11) is 0. The summed E-state index contributed by atoms with van der Waals surface area (Å²) in [5.74, 6) is 1.98. The van der Waals surface area contributed by atoms with E-state index >= 15 is 0 Å². The summed E-state index contributed by atoms with van der Waals surface area (Å²) in [5, 5.41) is 6.43. The molecule has 1 atom stereocenters. The molecule has 3 nitrogen and oxygen atoms in total. The molecule has 1 aromatic rings. The number of hydrogen-bond acceptors (Lipinski definition) is 2. The van der Waals surface area contributed by atoms with Gasteiger partial charge in [0, 0.05) is 6.42 Å². The molecule has 5 heteroatoms. The molecule has 0 aromatic heterocycles. The van der Waals surface area contributed by atoms with Gasteiger partial charge < -0.3 is 5.84 Å². The number of benzene rings is 1. The average molecular weight is 211 g/mol. The van der Waals surface area contributed by atoms with Crippen molar-refractivity contribution in [2.75, 3.05) is 0 Å². The highest BCUT2D eigenvalue weighted by atomic mass is 19.3. The summed E-state index contributed by atoms with van der Waals surface area (Å²) in [6, 6.07) is 4.03. The highest BCUT2D eigenvalue weighted by molar-refractivity contribution is 5.43. The lowest BCUT2D eigenvalue weighted by atomic mass is 10.0. The molecule has 2 rings (SSSR count). The fraction of sp³-hybridized carbons (Fsp3) is 0.400. The molecule has 1 unspecified atom stereocenters. The molecule has 2 N–H and O–H groups in total. The lowest BCUT2D eigenvalue weighted by molar-refractivity contribution is -0.0150. The predicted molar refractivity (Wildman–Crippen MR) is 51.6 cm³/mol. The zero-order valence-corrected chi connectivity index (χ0v) is 8.24. The standard InChI is InChI=1S/C10H11F2N3/c1-6-3-2-4-7-5-10(11,12)9(8(6)7)14-15-13/h2-4,9H,5H2,1H3,(H2,13,14). The van der Waals surface area contributed by atoms with E-state index in [2.05, 4.69) is 10.3 Å². The molecule has 0 saturated carbocycles. The predicted octanol–water partition coefficient (Wildman–Crippen LogP) is 2.55. The summed E-state index contributed by atoms with van der Waals surface area (Å²) in [6.45, 7) is 1.79. The van der Waals surface area contributed by atoms with E-state index in [0.29, 0.717) is 11.1 Å². The van der Waals surface area contributed by atoms with Crippen molar-refractivity contribution in [3.8, 4) is 0 Å². The Morgan fingerprint density at radius 1 is 1.47 bits per heavy atom. The largest absolute Gasteiger partial charge is 0.305 e. The first kappa shape index (κ1) is 10.0. The number of aryl methyl sites for hydroxylation is 1. The third kappa shape index (κ3) is 1.48. The van der Waals surface area contributed by atoms with Crippen LogP contribution in [-0.2, 0) is 6.42 Å². The number of fused-ring (bicyclic) bond motifs is 1. The third-order valence-electron chi connectivity index (χ3n) is 2.70. The third-order valence-corrected chi connectivity index (χ3v) is 2.70. The van der Waals surface area contributed by atoms with E-state index in [0.717, 1.165) is 5.56 Å². The monoisotopic (exact) mass is 211 g/mol. The molecule has 0 amide bonds. The maximum absolute atomic E-state index is 13.6. The van der Waals surface area contributed by atoms with Crippen molar-refractivity contribution < 1.29 is 8.78 Å². The smallest absolute Gasteiger partial charge is 0.280 e. The fourth-order valence-corrected chi connectivity index (χ4v) is 2.06. The van der Waals surface area contributed by atoms with Crippen molar-refractivity contribution >= 4 is 0 Å².